The van der Waals surface area contributed by atoms with E-state index in [1.165, 1.54) is 30.3 Å². The number of hydrogen-bond donors (Lipinski definition) is 2. The number of benzene rings is 2. The highest BCUT2D eigenvalue weighted by molar-refractivity contribution is 6.05. The first-order chi connectivity index (χ1) is 10.5. The summed E-state index contributed by atoms with van der Waals surface area (Å²) in [6.07, 6.45) is 0. The van der Waals surface area contributed by atoms with E-state index in [2.05, 4.69) is 4.98 Å². The largest absolute Gasteiger partial charge is 0.508 e. The van der Waals surface area contributed by atoms with E-state index in [-0.39, 0.29) is 16.7 Å². The number of carboxylic acids is 1. The maximum atomic E-state index is 13.4. The SMILES string of the molecule is Cc1c(-c2ccc(O)cc2)nc2ccc(F)cc2c1C(=O)O. The number of phenols is 1. The third kappa shape index (κ3) is 2.26. The summed E-state index contributed by atoms with van der Waals surface area (Å²) in [5.41, 5.74) is 2.08. The number of carboxylic acid groups (broad SMARTS) is 1. The number of pyridine rings is 1. The maximum Gasteiger partial charge on any atom is 0.336 e. The number of nitrogens with zero attached hydrogens (tertiary/aromatic N) is 1. The molecular weight excluding hydrogens is 285 g/mol. The number of aromatic hydroxyl groups is 1. The molecule has 0 amide bonds. The molecule has 0 atom stereocenters. The van der Waals surface area contributed by atoms with E-state index in [4.69, 9.17) is 0 Å². The Morgan fingerprint density at radius 1 is 1.14 bits per heavy atom. The highest BCUT2D eigenvalue weighted by Crippen LogP contribution is 2.30. The van der Waals surface area contributed by atoms with Crippen LogP contribution in [0, 0.1) is 12.7 Å². The monoisotopic (exact) mass is 297 g/mol. The van der Waals surface area contributed by atoms with E-state index in [9.17, 15) is 19.4 Å². The van der Waals surface area contributed by atoms with E-state index in [1.807, 2.05) is 0 Å². The molecule has 0 bridgehead atoms. The normalized spacial score (nSPS) is 10.8. The molecule has 0 radical (unpaired) electrons. The molecule has 2 N–H and O–H groups in total. The number of fused-ring (bicyclic) bond motifs is 1. The summed E-state index contributed by atoms with van der Waals surface area (Å²) in [5, 5.41) is 19.1. The van der Waals surface area contributed by atoms with Crippen LogP contribution in [0.25, 0.3) is 22.2 Å². The molecule has 0 spiro atoms. The lowest BCUT2D eigenvalue weighted by Gasteiger charge is -2.12. The number of aromatic carboxylic acids is 1. The summed E-state index contributed by atoms with van der Waals surface area (Å²) < 4.78 is 13.4. The number of hydrogen-bond acceptors (Lipinski definition) is 3. The van der Waals surface area contributed by atoms with Gasteiger partial charge in [0, 0.05) is 10.9 Å². The van der Waals surface area contributed by atoms with Crippen LogP contribution >= 0.6 is 0 Å². The molecule has 0 saturated heterocycles. The summed E-state index contributed by atoms with van der Waals surface area (Å²) in [7, 11) is 0. The van der Waals surface area contributed by atoms with Crippen LogP contribution in [0.5, 0.6) is 5.75 Å². The maximum absolute atomic E-state index is 13.4. The number of halogens is 1. The lowest BCUT2D eigenvalue weighted by atomic mass is 9.97. The summed E-state index contributed by atoms with van der Waals surface area (Å²) in [6, 6.07) is 10.2. The molecule has 0 aliphatic heterocycles. The van der Waals surface area contributed by atoms with E-state index in [0.717, 1.165) is 0 Å². The molecule has 0 aliphatic carbocycles. The molecule has 2 aromatic carbocycles. The number of carbonyl (C=O) groups is 1. The van der Waals surface area contributed by atoms with Gasteiger partial charge in [0.25, 0.3) is 0 Å². The molecule has 0 unspecified atom stereocenters. The van der Waals surface area contributed by atoms with Gasteiger partial charge in [-0.3, -0.25) is 0 Å². The Bertz CT molecular complexity index is 889. The van der Waals surface area contributed by atoms with Gasteiger partial charge in [0.05, 0.1) is 16.8 Å². The van der Waals surface area contributed by atoms with Crippen LogP contribution in [0.4, 0.5) is 4.39 Å². The van der Waals surface area contributed by atoms with Crippen LogP contribution in [-0.4, -0.2) is 21.2 Å². The molecule has 1 aromatic heterocycles. The molecule has 3 rings (SSSR count). The third-order valence-corrected chi connectivity index (χ3v) is 3.55. The third-order valence-electron chi connectivity index (χ3n) is 3.55. The van der Waals surface area contributed by atoms with E-state index >= 15 is 0 Å². The minimum atomic E-state index is -1.13. The fourth-order valence-electron chi connectivity index (χ4n) is 2.51. The van der Waals surface area contributed by atoms with Crippen molar-refractivity contribution in [3.63, 3.8) is 0 Å². The Labute approximate surface area is 125 Å². The minimum Gasteiger partial charge on any atom is -0.508 e. The average Bonchev–Trinajstić information content (AvgIpc) is 2.47. The molecule has 0 aliphatic rings. The fourth-order valence-corrected chi connectivity index (χ4v) is 2.51. The summed E-state index contributed by atoms with van der Waals surface area (Å²) in [4.78, 5) is 16.0. The molecule has 4 nitrogen and oxygen atoms in total. The van der Waals surface area contributed by atoms with Crippen molar-refractivity contribution >= 4 is 16.9 Å². The first-order valence-electron chi connectivity index (χ1n) is 6.60. The smallest absolute Gasteiger partial charge is 0.336 e. The van der Waals surface area contributed by atoms with Crippen molar-refractivity contribution in [1.82, 2.24) is 4.98 Å². The standard InChI is InChI=1S/C17H12FNO3/c1-9-15(17(21)22)13-8-11(18)4-7-14(13)19-16(9)10-2-5-12(20)6-3-10/h2-8,20H,1H3,(H,21,22). The van der Waals surface area contributed by atoms with Crippen molar-refractivity contribution < 1.29 is 19.4 Å². The number of rotatable bonds is 2. The fraction of sp³-hybridized carbons (Fsp3) is 0.0588. The Hall–Kier alpha value is -2.95. The van der Waals surface area contributed by atoms with Gasteiger partial charge in [0.15, 0.2) is 0 Å². The van der Waals surface area contributed by atoms with Crippen LogP contribution < -0.4 is 0 Å². The van der Waals surface area contributed by atoms with Crippen molar-refractivity contribution in [1.29, 1.82) is 0 Å². The Morgan fingerprint density at radius 3 is 2.45 bits per heavy atom. The second-order valence-corrected chi connectivity index (χ2v) is 4.97. The quantitative estimate of drug-likeness (QED) is 0.755. The summed E-state index contributed by atoms with van der Waals surface area (Å²) in [6.45, 7) is 1.64. The van der Waals surface area contributed by atoms with Crippen LogP contribution in [0.1, 0.15) is 15.9 Å². The molecular formula is C17H12FNO3. The van der Waals surface area contributed by atoms with Gasteiger partial charge in [-0.25, -0.2) is 14.2 Å². The summed E-state index contributed by atoms with van der Waals surface area (Å²) >= 11 is 0. The Balaban J connectivity index is 2.37. The van der Waals surface area contributed by atoms with Crippen molar-refractivity contribution in [3.8, 4) is 17.0 Å². The first kappa shape index (κ1) is 14.0. The van der Waals surface area contributed by atoms with E-state index in [1.54, 1.807) is 19.1 Å². The van der Waals surface area contributed by atoms with Crippen molar-refractivity contribution in [2.75, 3.05) is 0 Å². The highest BCUT2D eigenvalue weighted by atomic mass is 19.1. The van der Waals surface area contributed by atoms with Crippen molar-refractivity contribution in [2.45, 2.75) is 6.92 Å². The zero-order chi connectivity index (χ0) is 15.9. The van der Waals surface area contributed by atoms with Crippen LogP contribution in [-0.2, 0) is 0 Å². The van der Waals surface area contributed by atoms with Crippen LogP contribution in [0.2, 0.25) is 0 Å². The van der Waals surface area contributed by atoms with Crippen molar-refractivity contribution in [2.24, 2.45) is 0 Å². The molecule has 3 aromatic rings. The molecule has 110 valence electrons. The predicted octanol–water partition coefficient (Wildman–Crippen LogP) is 3.75. The van der Waals surface area contributed by atoms with Gasteiger partial charge in [-0.2, -0.15) is 0 Å². The average molecular weight is 297 g/mol. The number of phenolic OH excluding ortho intramolecular Hbond substituents is 1. The van der Waals surface area contributed by atoms with Crippen molar-refractivity contribution in [3.05, 3.63) is 59.4 Å². The van der Waals surface area contributed by atoms with Gasteiger partial charge >= 0.3 is 5.97 Å². The second kappa shape index (κ2) is 5.11. The zero-order valence-corrected chi connectivity index (χ0v) is 11.7. The van der Waals surface area contributed by atoms with Gasteiger partial charge in [0.1, 0.15) is 11.6 Å². The van der Waals surface area contributed by atoms with E-state index in [0.29, 0.717) is 22.3 Å². The minimum absolute atomic E-state index is 0.0348. The van der Waals surface area contributed by atoms with Gasteiger partial charge in [-0.1, -0.05) is 0 Å². The first-order valence-corrected chi connectivity index (χ1v) is 6.60. The topological polar surface area (TPSA) is 70.4 Å². The molecule has 0 saturated carbocycles. The Kier molecular flexibility index (Phi) is 3.25. The van der Waals surface area contributed by atoms with Gasteiger partial charge in [0.2, 0.25) is 0 Å². The number of aromatic nitrogens is 1. The van der Waals surface area contributed by atoms with Crippen LogP contribution in [0.3, 0.4) is 0 Å². The van der Waals surface area contributed by atoms with E-state index < -0.39 is 11.8 Å². The lowest BCUT2D eigenvalue weighted by Crippen LogP contribution is -2.05. The van der Waals surface area contributed by atoms with Gasteiger partial charge in [-0.05, 0) is 55.0 Å². The van der Waals surface area contributed by atoms with Gasteiger partial charge in [-0.15, -0.1) is 0 Å². The lowest BCUT2D eigenvalue weighted by molar-refractivity contribution is 0.0698. The zero-order valence-electron chi connectivity index (χ0n) is 11.7. The Morgan fingerprint density at radius 2 is 1.82 bits per heavy atom. The predicted molar refractivity (Wildman–Crippen MR) is 80.5 cm³/mol. The summed E-state index contributed by atoms with van der Waals surface area (Å²) in [5.74, 6) is -1.52. The molecule has 5 heteroatoms. The highest BCUT2D eigenvalue weighted by Gasteiger charge is 2.18. The molecule has 22 heavy (non-hydrogen) atoms. The molecule has 0 fully saturated rings. The van der Waals surface area contributed by atoms with Gasteiger partial charge < -0.3 is 10.2 Å². The molecule has 1 heterocycles. The second-order valence-electron chi connectivity index (χ2n) is 4.97. The van der Waals surface area contributed by atoms with Crippen LogP contribution in [0.15, 0.2) is 42.5 Å².